The lowest BCUT2D eigenvalue weighted by Crippen LogP contribution is -2.58. The SMILES string of the molecule is CC1=Cc2oc3nc(C)ccc3c2N(C)B1N1C=CN(c2ccccc2)[C@@H]1C.CC1=Cc2oc3nc(C)ccc3c2N(C)B1N1c2ccccc2N(C)[C@@H]1C.CC1=Cc2oc3nc(C)ccc3c2N(C)B1N1c2ccccc2N(c2ccccc2)[C@@H]1C.[2H]C([2H])([2H])N1C=CN(B2C(C)=Cc3oc4nc(C)ccc4c3N2C)[C@H]1C. The Morgan fingerprint density at radius 1 is 0.336 bits per heavy atom. The maximum Gasteiger partial charge on any atom is 0.408 e. The van der Waals surface area contributed by atoms with Crippen LogP contribution in [0, 0.1) is 27.7 Å². The molecule has 12 aromatic rings. The number of aromatic nitrogens is 4. The fourth-order valence-electron chi connectivity index (χ4n) is 17.8. The predicted molar refractivity (Wildman–Crippen MR) is 458 cm³/mol. The van der Waals surface area contributed by atoms with Crippen molar-refractivity contribution in [2.24, 2.45) is 0 Å². The third-order valence-electron chi connectivity index (χ3n) is 23.1. The summed E-state index contributed by atoms with van der Waals surface area (Å²) in [5, 5.41) is 4.15. The Hall–Kier alpha value is -12.1. The molecule has 552 valence electrons. The van der Waals surface area contributed by atoms with Gasteiger partial charge in [0.05, 0.1) is 91.7 Å². The number of hydrogen-bond donors (Lipinski definition) is 0. The molecule has 24 heteroatoms. The van der Waals surface area contributed by atoms with Crippen molar-refractivity contribution in [1.29, 1.82) is 0 Å². The summed E-state index contributed by atoms with van der Waals surface area (Å²) in [4.78, 5) is 45.3. The zero-order valence-electron chi connectivity index (χ0n) is 68.5. The molecule has 8 aliphatic heterocycles. The average Bonchev–Trinajstić information content (AvgIpc) is 1.59. The summed E-state index contributed by atoms with van der Waals surface area (Å²) >= 11 is 0. The molecule has 0 aliphatic carbocycles. The first-order chi connectivity index (χ1) is 54.2. The third kappa shape index (κ3) is 11.7. The van der Waals surface area contributed by atoms with Gasteiger partial charge in [-0.3, -0.25) is 0 Å². The highest BCUT2D eigenvalue weighted by Crippen LogP contribution is 2.50. The maximum absolute atomic E-state index is 7.71. The van der Waals surface area contributed by atoms with Crippen LogP contribution in [-0.4, -0.2) is 129 Å². The van der Waals surface area contributed by atoms with Crippen LogP contribution in [0.4, 0.5) is 56.9 Å². The van der Waals surface area contributed by atoms with Crippen molar-refractivity contribution in [3.05, 3.63) is 250 Å². The number of furan rings is 4. The first kappa shape index (κ1) is 67.3. The van der Waals surface area contributed by atoms with Crippen molar-refractivity contribution in [3.8, 4) is 0 Å². The molecule has 0 unspecified atom stereocenters. The molecule has 0 saturated heterocycles. The maximum atomic E-state index is 7.71. The van der Waals surface area contributed by atoms with Crippen LogP contribution in [0.2, 0.25) is 0 Å². The van der Waals surface area contributed by atoms with Gasteiger partial charge in [-0.25, -0.2) is 19.9 Å². The van der Waals surface area contributed by atoms with Crippen molar-refractivity contribution in [2.45, 2.75) is 108 Å². The molecule has 20 nitrogen and oxygen atoms in total. The van der Waals surface area contributed by atoms with E-state index in [4.69, 9.17) is 21.8 Å². The second-order valence-electron chi connectivity index (χ2n) is 30.2. The lowest BCUT2D eigenvalue weighted by molar-refractivity contribution is 0.272. The third-order valence-corrected chi connectivity index (χ3v) is 23.1. The number of hydrogen-bond acceptors (Lipinski definition) is 20. The molecule has 0 fully saturated rings. The van der Waals surface area contributed by atoms with Crippen LogP contribution < -0.4 is 43.6 Å². The van der Waals surface area contributed by atoms with Gasteiger partial charge >= 0.3 is 27.9 Å². The van der Waals surface area contributed by atoms with Crippen molar-refractivity contribution >= 4 is 154 Å². The van der Waals surface area contributed by atoms with Crippen molar-refractivity contribution in [2.75, 3.05) is 85.8 Å². The molecule has 4 atom stereocenters. The second kappa shape index (κ2) is 27.6. The van der Waals surface area contributed by atoms with Gasteiger partial charge in [-0.1, -0.05) is 82.6 Å². The summed E-state index contributed by atoms with van der Waals surface area (Å²) in [6.45, 7) is 23.2. The largest absolute Gasteiger partial charge is 0.436 e. The molecule has 110 heavy (non-hydrogen) atoms. The Labute approximate surface area is 650 Å². The molecule has 0 amide bonds. The summed E-state index contributed by atoms with van der Waals surface area (Å²) in [7, 11) is 10.6. The Morgan fingerprint density at radius 3 is 1.08 bits per heavy atom. The number of benzene rings is 4. The quantitative estimate of drug-likeness (QED) is 0.146. The number of fused-ring (bicyclic) bond motifs is 14. The van der Waals surface area contributed by atoms with Crippen molar-refractivity contribution in [3.63, 3.8) is 0 Å². The van der Waals surface area contributed by atoms with E-state index in [0.717, 1.165) is 95.6 Å². The number of allylic oxidation sites excluding steroid dienone is 4. The standard InChI is InChI=1S/C26H25BN4O.C22H23BN4O.C21H23BN4O.C17H21BN4O/c1-17-16-24-25(21-15-14-18(2)28-26(21)32-24)29(4)27(17)31-19(3)30(20-10-6-5-7-11-20)22-12-8-9-13-23(22)31;1-15-14-20-21(19-11-10-16(2)24-22(19)28-20)25(4)23(15)27-13-12-26(17(27)3)18-8-6-5-7-9-18;1-13-12-19-20(16-11-10-14(2)23-21(16)27-19)25(5)22(13)26-15(3)24(4)17-8-6-7-9-18(17)26;1-11-10-15-16(14-7-6-12(2)19-17(14)23-15)21(5)18(11)22-9-8-20(4)13(22)3/h5-16,19H,1-4H3;5-14,17H,1-4H3;6-12,15H,1-5H3;6-10,13H,1-5H3/t19-;17-;15-;13-/m0000/s1/i;;;4D3. The number of pyridine rings is 4. The van der Waals surface area contributed by atoms with Gasteiger partial charge in [-0.05, 0) is 233 Å². The van der Waals surface area contributed by atoms with Crippen LogP contribution >= 0.6 is 0 Å². The number of nitrogens with zero attached hydrogens (tertiary/aromatic N) is 16. The van der Waals surface area contributed by atoms with Gasteiger partial charge in [0, 0.05) is 77.1 Å². The summed E-state index contributed by atoms with van der Waals surface area (Å²) in [6.07, 6.45) is 16.7. The van der Waals surface area contributed by atoms with Crippen LogP contribution in [-0.2, 0) is 0 Å². The van der Waals surface area contributed by atoms with Crippen LogP contribution in [0.3, 0.4) is 0 Å². The van der Waals surface area contributed by atoms with E-state index in [1.807, 2.05) is 85.1 Å². The van der Waals surface area contributed by atoms with E-state index in [2.05, 4.69) is 307 Å². The smallest absolute Gasteiger partial charge is 0.408 e. The highest BCUT2D eigenvalue weighted by Gasteiger charge is 2.48. The normalized spacial score (nSPS) is 19.4. The van der Waals surface area contributed by atoms with E-state index in [1.165, 1.54) is 55.4 Å². The van der Waals surface area contributed by atoms with E-state index >= 15 is 0 Å². The highest BCUT2D eigenvalue weighted by molar-refractivity contribution is 6.77. The number of rotatable bonds is 6. The first-order valence-electron chi connectivity index (χ1n) is 39.3. The number of para-hydroxylation sites is 6. The molecule has 0 radical (unpaired) electrons. The monoisotopic (exact) mass is 1460 g/mol. The molecule has 0 N–H and O–H groups in total. The van der Waals surface area contributed by atoms with Gasteiger partial charge in [0.25, 0.3) is 0 Å². The molecule has 16 heterocycles. The zero-order valence-corrected chi connectivity index (χ0v) is 65.5. The van der Waals surface area contributed by atoms with Gasteiger partial charge in [0.1, 0.15) is 0 Å². The van der Waals surface area contributed by atoms with E-state index in [-0.39, 0.29) is 52.6 Å². The van der Waals surface area contributed by atoms with Crippen LogP contribution in [0.15, 0.2) is 222 Å². The molecular formula is C86H92B4N16O4. The van der Waals surface area contributed by atoms with Crippen LogP contribution in [0.25, 0.3) is 68.7 Å². The Bertz CT molecular complexity index is 5920. The predicted octanol–water partition coefficient (Wildman–Crippen LogP) is 18.1. The second-order valence-corrected chi connectivity index (χ2v) is 30.2. The van der Waals surface area contributed by atoms with Crippen molar-refractivity contribution < 1.29 is 21.8 Å². The van der Waals surface area contributed by atoms with E-state index in [0.29, 0.717) is 22.9 Å². The zero-order chi connectivity index (χ0) is 79.1. The van der Waals surface area contributed by atoms with Gasteiger partial charge in [-0.15, -0.1) is 0 Å². The fraction of sp³-hybridized carbons (Fsp3) is 0.256. The molecule has 0 bridgehead atoms. The van der Waals surface area contributed by atoms with Gasteiger partial charge in [0.15, 0.2) is 23.0 Å². The minimum atomic E-state index is -2.16. The van der Waals surface area contributed by atoms with Gasteiger partial charge in [0.2, 0.25) is 22.9 Å². The summed E-state index contributed by atoms with van der Waals surface area (Å²) < 4.78 is 47.4. The molecule has 4 aromatic carbocycles. The first-order valence-corrected chi connectivity index (χ1v) is 37.8. The number of aryl methyl sites for hydroxylation is 4. The highest BCUT2D eigenvalue weighted by atomic mass is 16.4. The van der Waals surface area contributed by atoms with Crippen LogP contribution in [0.1, 0.15) is 105 Å². The molecule has 0 saturated carbocycles. The summed E-state index contributed by atoms with van der Waals surface area (Å²) in [5.41, 5.74) is 23.1. The number of anilines is 10. The minimum Gasteiger partial charge on any atom is -0.436 e. The fourth-order valence-corrected chi connectivity index (χ4v) is 17.8. The molecule has 20 rings (SSSR count). The van der Waals surface area contributed by atoms with E-state index in [1.54, 1.807) is 6.20 Å². The molecule has 8 aliphatic rings. The minimum absolute atomic E-state index is 0.0643. The lowest BCUT2D eigenvalue weighted by atomic mass is 9.61. The van der Waals surface area contributed by atoms with Gasteiger partial charge < -0.3 is 75.8 Å². The average molecular weight is 1460 g/mol. The lowest BCUT2D eigenvalue weighted by Gasteiger charge is -2.41. The molecular weight excluding hydrogens is 1360 g/mol. The van der Waals surface area contributed by atoms with Crippen molar-refractivity contribution in [1.82, 2.24) is 34.5 Å². The van der Waals surface area contributed by atoms with E-state index in [9.17, 15) is 0 Å². The molecule has 8 aromatic heterocycles. The Kier molecular flexibility index (Phi) is 16.9. The molecule has 0 spiro atoms. The Morgan fingerprint density at radius 2 is 0.673 bits per heavy atom. The Balaban J connectivity index is 0.000000109. The van der Waals surface area contributed by atoms with Gasteiger partial charge in [-0.2, -0.15) is 0 Å². The summed E-state index contributed by atoms with van der Waals surface area (Å²) in [6, 6.07) is 54.9. The van der Waals surface area contributed by atoms with E-state index < -0.39 is 6.98 Å². The topological polar surface area (TPSA) is 143 Å². The van der Waals surface area contributed by atoms with Crippen LogP contribution in [0.5, 0.6) is 0 Å². The summed E-state index contributed by atoms with van der Waals surface area (Å²) in [5.74, 6) is 3.46.